The number of rotatable bonds is 6. The van der Waals surface area contributed by atoms with Crippen molar-refractivity contribution in [3.05, 3.63) is 77.4 Å². The first-order chi connectivity index (χ1) is 13.6. The van der Waals surface area contributed by atoms with Crippen molar-refractivity contribution in [1.29, 1.82) is 0 Å². The van der Waals surface area contributed by atoms with Gasteiger partial charge in [0.1, 0.15) is 0 Å². The summed E-state index contributed by atoms with van der Waals surface area (Å²) in [6.07, 6.45) is 4.28. The third kappa shape index (κ3) is 5.79. The molecule has 0 spiro atoms. The van der Waals surface area contributed by atoms with Crippen molar-refractivity contribution < 1.29 is 9.59 Å². The number of nitrogens with one attached hydrogen (secondary N) is 1. The summed E-state index contributed by atoms with van der Waals surface area (Å²) >= 11 is 0. The average Bonchev–Trinajstić information content (AvgIpc) is 2.73. The van der Waals surface area contributed by atoms with Gasteiger partial charge in [0.2, 0.25) is 5.91 Å². The number of hydrogen-bond donors (Lipinski definition) is 1. The SMILES string of the molecule is Cc1cccc(C(=O)NCC(=O)N2CCN(C/C=C/c3ccccc3)CC2)c1. The highest BCUT2D eigenvalue weighted by atomic mass is 16.2. The van der Waals surface area contributed by atoms with Crippen molar-refractivity contribution in [3.8, 4) is 0 Å². The number of carbonyl (C=O) groups is 2. The first kappa shape index (κ1) is 19.8. The highest BCUT2D eigenvalue weighted by Gasteiger charge is 2.20. The third-order valence-electron chi connectivity index (χ3n) is 4.88. The molecular formula is C23H27N3O2. The van der Waals surface area contributed by atoms with Gasteiger partial charge in [0, 0.05) is 38.3 Å². The molecule has 1 N–H and O–H groups in total. The van der Waals surface area contributed by atoms with Crippen LogP contribution in [-0.2, 0) is 4.79 Å². The molecule has 1 fully saturated rings. The van der Waals surface area contributed by atoms with Crippen LogP contribution in [0.4, 0.5) is 0 Å². The van der Waals surface area contributed by atoms with Crippen LogP contribution in [0.15, 0.2) is 60.7 Å². The summed E-state index contributed by atoms with van der Waals surface area (Å²) in [7, 11) is 0. The third-order valence-corrected chi connectivity index (χ3v) is 4.88. The molecule has 2 amide bonds. The Morgan fingerprint density at radius 3 is 2.46 bits per heavy atom. The summed E-state index contributed by atoms with van der Waals surface area (Å²) in [4.78, 5) is 28.7. The van der Waals surface area contributed by atoms with Crippen LogP contribution in [0.1, 0.15) is 21.5 Å². The molecule has 0 radical (unpaired) electrons. The van der Waals surface area contributed by atoms with Crippen LogP contribution in [0.2, 0.25) is 0 Å². The molecule has 5 nitrogen and oxygen atoms in total. The molecule has 0 atom stereocenters. The number of carbonyl (C=O) groups excluding carboxylic acids is 2. The molecule has 0 bridgehead atoms. The smallest absolute Gasteiger partial charge is 0.251 e. The van der Waals surface area contributed by atoms with Gasteiger partial charge in [0.15, 0.2) is 0 Å². The molecule has 1 aliphatic heterocycles. The van der Waals surface area contributed by atoms with Gasteiger partial charge in [-0.15, -0.1) is 0 Å². The number of piperazine rings is 1. The summed E-state index contributed by atoms with van der Waals surface area (Å²) in [5.74, 6) is -0.234. The van der Waals surface area contributed by atoms with Gasteiger partial charge >= 0.3 is 0 Å². The van der Waals surface area contributed by atoms with Crippen LogP contribution in [0.25, 0.3) is 6.08 Å². The fourth-order valence-electron chi connectivity index (χ4n) is 3.24. The lowest BCUT2D eigenvalue weighted by atomic mass is 10.1. The summed E-state index contributed by atoms with van der Waals surface area (Å²) in [5, 5.41) is 2.73. The van der Waals surface area contributed by atoms with Crippen molar-refractivity contribution >= 4 is 17.9 Å². The molecule has 0 saturated carbocycles. The minimum atomic E-state index is -0.207. The molecule has 0 unspecified atom stereocenters. The van der Waals surface area contributed by atoms with E-state index >= 15 is 0 Å². The van der Waals surface area contributed by atoms with Crippen LogP contribution in [0, 0.1) is 6.92 Å². The lowest BCUT2D eigenvalue weighted by molar-refractivity contribution is -0.131. The number of benzene rings is 2. The van der Waals surface area contributed by atoms with Crippen molar-refractivity contribution in [2.45, 2.75) is 6.92 Å². The highest BCUT2D eigenvalue weighted by Crippen LogP contribution is 2.06. The summed E-state index contributed by atoms with van der Waals surface area (Å²) < 4.78 is 0. The van der Waals surface area contributed by atoms with Gasteiger partial charge in [-0.2, -0.15) is 0 Å². The molecule has 146 valence electrons. The summed E-state index contributed by atoms with van der Waals surface area (Å²) in [6.45, 7) is 5.93. The van der Waals surface area contributed by atoms with E-state index in [0.717, 1.165) is 25.2 Å². The van der Waals surface area contributed by atoms with E-state index in [1.54, 1.807) is 6.07 Å². The topological polar surface area (TPSA) is 52.7 Å². The maximum Gasteiger partial charge on any atom is 0.251 e. The molecule has 1 saturated heterocycles. The number of aryl methyl sites for hydroxylation is 1. The molecule has 1 aliphatic rings. The van der Waals surface area contributed by atoms with Gasteiger partial charge in [-0.1, -0.05) is 60.2 Å². The molecule has 2 aromatic rings. The van der Waals surface area contributed by atoms with E-state index in [0.29, 0.717) is 18.7 Å². The van der Waals surface area contributed by atoms with E-state index in [-0.39, 0.29) is 18.4 Å². The van der Waals surface area contributed by atoms with Crippen LogP contribution < -0.4 is 5.32 Å². The van der Waals surface area contributed by atoms with Gasteiger partial charge in [-0.05, 0) is 24.6 Å². The van der Waals surface area contributed by atoms with Crippen molar-refractivity contribution in [2.75, 3.05) is 39.3 Å². The minimum Gasteiger partial charge on any atom is -0.343 e. The second kappa shape index (κ2) is 9.85. The van der Waals surface area contributed by atoms with E-state index in [1.165, 1.54) is 5.56 Å². The lowest BCUT2D eigenvalue weighted by Gasteiger charge is -2.34. The van der Waals surface area contributed by atoms with Crippen LogP contribution in [-0.4, -0.2) is 60.9 Å². The first-order valence-electron chi connectivity index (χ1n) is 9.68. The molecule has 1 heterocycles. The maximum atomic E-state index is 12.4. The Hall–Kier alpha value is -2.92. The van der Waals surface area contributed by atoms with E-state index in [2.05, 4.69) is 34.5 Å². The Balaban J connectivity index is 1.39. The quantitative estimate of drug-likeness (QED) is 0.842. The molecular weight excluding hydrogens is 350 g/mol. The number of hydrogen-bond acceptors (Lipinski definition) is 3. The predicted molar refractivity (Wildman–Crippen MR) is 112 cm³/mol. The van der Waals surface area contributed by atoms with Crippen LogP contribution in [0.3, 0.4) is 0 Å². The van der Waals surface area contributed by atoms with Gasteiger partial charge in [-0.3, -0.25) is 14.5 Å². The Kier molecular flexibility index (Phi) is 6.98. The van der Waals surface area contributed by atoms with E-state index in [1.807, 2.05) is 48.2 Å². The molecule has 0 aromatic heterocycles. The predicted octanol–water partition coefficient (Wildman–Crippen LogP) is 2.58. The zero-order valence-corrected chi connectivity index (χ0v) is 16.3. The van der Waals surface area contributed by atoms with E-state index in [9.17, 15) is 9.59 Å². The van der Waals surface area contributed by atoms with Gasteiger partial charge in [0.25, 0.3) is 5.91 Å². The molecule has 5 heteroatoms. The van der Waals surface area contributed by atoms with E-state index < -0.39 is 0 Å². The first-order valence-corrected chi connectivity index (χ1v) is 9.68. The molecule has 2 aromatic carbocycles. The van der Waals surface area contributed by atoms with Gasteiger partial charge in [-0.25, -0.2) is 0 Å². The van der Waals surface area contributed by atoms with Crippen molar-refractivity contribution in [3.63, 3.8) is 0 Å². The van der Waals surface area contributed by atoms with Gasteiger partial charge in [0.05, 0.1) is 6.54 Å². The van der Waals surface area contributed by atoms with Crippen LogP contribution >= 0.6 is 0 Å². The minimum absolute atomic E-state index is 0.0273. The number of amides is 2. The van der Waals surface area contributed by atoms with Crippen molar-refractivity contribution in [2.24, 2.45) is 0 Å². The zero-order valence-electron chi connectivity index (χ0n) is 16.3. The summed E-state index contributed by atoms with van der Waals surface area (Å²) in [5.41, 5.74) is 2.81. The second-order valence-electron chi connectivity index (χ2n) is 7.05. The standard InChI is InChI=1S/C23H27N3O2/c1-19-7-5-11-21(17-19)23(28)24-18-22(27)26-15-13-25(14-16-26)12-6-10-20-8-3-2-4-9-20/h2-11,17H,12-16,18H2,1H3,(H,24,28)/b10-6+. The fourth-order valence-corrected chi connectivity index (χ4v) is 3.24. The Bertz CT molecular complexity index is 825. The molecule has 0 aliphatic carbocycles. The maximum absolute atomic E-state index is 12.4. The van der Waals surface area contributed by atoms with E-state index in [4.69, 9.17) is 0 Å². The average molecular weight is 377 g/mol. The monoisotopic (exact) mass is 377 g/mol. The number of nitrogens with zero attached hydrogens (tertiary/aromatic N) is 2. The summed E-state index contributed by atoms with van der Waals surface area (Å²) in [6, 6.07) is 17.6. The Morgan fingerprint density at radius 2 is 1.75 bits per heavy atom. The molecule has 28 heavy (non-hydrogen) atoms. The van der Waals surface area contributed by atoms with Crippen LogP contribution in [0.5, 0.6) is 0 Å². The lowest BCUT2D eigenvalue weighted by Crippen LogP contribution is -2.51. The largest absolute Gasteiger partial charge is 0.343 e. The highest BCUT2D eigenvalue weighted by molar-refractivity contribution is 5.96. The van der Waals surface area contributed by atoms with Crippen molar-refractivity contribution in [1.82, 2.24) is 15.1 Å². The second-order valence-corrected chi connectivity index (χ2v) is 7.05. The zero-order chi connectivity index (χ0) is 19.8. The Labute approximate surface area is 166 Å². The fraction of sp³-hybridized carbons (Fsp3) is 0.304. The normalized spacial score (nSPS) is 15.0. The molecule has 3 rings (SSSR count). The van der Waals surface area contributed by atoms with Gasteiger partial charge < -0.3 is 10.2 Å². The Morgan fingerprint density at radius 1 is 1.00 bits per heavy atom.